The Morgan fingerprint density at radius 2 is 1.65 bits per heavy atom. The van der Waals surface area contributed by atoms with E-state index in [1.165, 1.54) is 0 Å². The first-order valence-corrected chi connectivity index (χ1v) is 6.90. The van der Waals surface area contributed by atoms with E-state index in [1.807, 2.05) is 31.2 Å². The first kappa shape index (κ1) is 14.4. The van der Waals surface area contributed by atoms with Gasteiger partial charge in [0.25, 0.3) is 5.91 Å². The average Bonchev–Trinajstić information content (AvgIpc) is 2.44. The smallest absolute Gasteiger partial charge is 0.257 e. The average molecular weight is 271 g/mol. The number of carbonyl (C=O) groups excluding carboxylic acids is 1. The molecule has 3 heteroatoms. The molecule has 0 radical (unpaired) electrons. The maximum absolute atomic E-state index is 12.5. The van der Waals surface area contributed by atoms with Crippen LogP contribution in [-0.2, 0) is 0 Å². The number of carbonyl (C=O) groups is 1. The maximum Gasteiger partial charge on any atom is 0.257 e. The summed E-state index contributed by atoms with van der Waals surface area (Å²) in [6.07, 6.45) is 0. The molecular weight excluding hydrogens is 250 g/mol. The molecule has 2 aromatic rings. The molecule has 3 nitrogen and oxygen atoms in total. The number of rotatable bonds is 3. The van der Waals surface area contributed by atoms with Crippen LogP contribution in [-0.4, -0.2) is 29.0 Å². The Labute approximate surface area is 119 Å². The number of benzene rings is 2. The van der Waals surface area contributed by atoms with Gasteiger partial charge in [0, 0.05) is 13.1 Å². The van der Waals surface area contributed by atoms with Crippen molar-refractivity contribution in [3.05, 3.63) is 42.0 Å². The Bertz CT molecular complexity index is 634. The molecular formula is C17H21NO2. The van der Waals surface area contributed by atoms with Crippen LogP contribution in [0.1, 0.15) is 31.1 Å². The molecule has 1 N–H and O–H groups in total. The van der Waals surface area contributed by atoms with Gasteiger partial charge in [0.2, 0.25) is 0 Å². The number of hydrogen-bond donors (Lipinski definition) is 1. The normalized spacial score (nSPS) is 12.7. The molecule has 1 amide bonds. The number of phenolic OH excluding ortho intramolecular Hbond substituents is 1. The molecule has 0 aliphatic rings. The van der Waals surface area contributed by atoms with Crippen molar-refractivity contribution in [1.29, 1.82) is 0 Å². The highest BCUT2D eigenvalue weighted by Crippen LogP contribution is 2.26. The fourth-order valence-corrected chi connectivity index (χ4v) is 2.22. The van der Waals surface area contributed by atoms with E-state index >= 15 is 0 Å². The molecule has 106 valence electrons. The number of nitrogens with zero attached hydrogens (tertiary/aromatic N) is 1. The summed E-state index contributed by atoms with van der Waals surface area (Å²) in [5.41, 5.74) is 0.360. The van der Waals surface area contributed by atoms with Crippen molar-refractivity contribution in [1.82, 2.24) is 4.90 Å². The number of amides is 1. The Hall–Kier alpha value is -2.03. The molecule has 0 bridgehead atoms. The minimum absolute atomic E-state index is 0.0384. The predicted molar refractivity (Wildman–Crippen MR) is 82.0 cm³/mol. The second-order valence-corrected chi connectivity index (χ2v) is 5.62. The Morgan fingerprint density at radius 3 is 2.20 bits per heavy atom. The summed E-state index contributed by atoms with van der Waals surface area (Å²) in [7, 11) is 1.78. The van der Waals surface area contributed by atoms with Gasteiger partial charge in [0.15, 0.2) is 0 Å². The quantitative estimate of drug-likeness (QED) is 0.925. The topological polar surface area (TPSA) is 40.5 Å². The largest absolute Gasteiger partial charge is 0.507 e. The summed E-state index contributed by atoms with van der Waals surface area (Å²) in [6.45, 7) is 6.17. The van der Waals surface area contributed by atoms with Gasteiger partial charge in [0.1, 0.15) is 5.75 Å². The third-order valence-electron chi connectivity index (χ3n) is 3.99. The van der Waals surface area contributed by atoms with Crippen molar-refractivity contribution >= 4 is 16.7 Å². The fourth-order valence-electron chi connectivity index (χ4n) is 2.22. The van der Waals surface area contributed by atoms with E-state index in [9.17, 15) is 9.90 Å². The molecule has 0 saturated heterocycles. The van der Waals surface area contributed by atoms with Gasteiger partial charge in [-0.1, -0.05) is 38.1 Å². The number of fused-ring (bicyclic) bond motifs is 1. The molecule has 20 heavy (non-hydrogen) atoms. The van der Waals surface area contributed by atoms with Gasteiger partial charge in [0.05, 0.1) is 5.56 Å². The van der Waals surface area contributed by atoms with Crippen LogP contribution in [0.5, 0.6) is 5.75 Å². The molecule has 0 heterocycles. The summed E-state index contributed by atoms with van der Waals surface area (Å²) in [4.78, 5) is 14.2. The summed E-state index contributed by atoms with van der Waals surface area (Å²) in [5, 5.41) is 12.0. The van der Waals surface area contributed by atoms with Crippen LogP contribution in [0, 0.1) is 5.92 Å². The van der Waals surface area contributed by atoms with Gasteiger partial charge in [-0.05, 0) is 35.7 Å². The van der Waals surface area contributed by atoms with Gasteiger partial charge in [-0.2, -0.15) is 0 Å². The third-order valence-corrected chi connectivity index (χ3v) is 3.99. The summed E-state index contributed by atoms with van der Waals surface area (Å²) < 4.78 is 0. The van der Waals surface area contributed by atoms with E-state index in [4.69, 9.17) is 0 Å². The van der Waals surface area contributed by atoms with Crippen molar-refractivity contribution in [3.8, 4) is 5.75 Å². The lowest BCUT2D eigenvalue weighted by atomic mass is 10.0. The molecule has 0 saturated carbocycles. The summed E-state index contributed by atoms with van der Waals surface area (Å²) >= 11 is 0. The van der Waals surface area contributed by atoms with E-state index in [1.54, 1.807) is 24.1 Å². The standard InChI is InChI=1S/C17H21NO2/c1-11(2)12(3)18(4)17(20)15-9-13-7-5-6-8-14(13)10-16(15)19/h5-12,19H,1-4H3. The molecule has 2 rings (SSSR count). The van der Waals surface area contributed by atoms with Gasteiger partial charge >= 0.3 is 0 Å². The molecule has 0 aromatic heterocycles. The fraction of sp³-hybridized carbons (Fsp3) is 0.353. The minimum Gasteiger partial charge on any atom is -0.507 e. The van der Waals surface area contributed by atoms with Gasteiger partial charge in [-0.3, -0.25) is 4.79 Å². The lowest BCUT2D eigenvalue weighted by molar-refractivity contribution is 0.0704. The Balaban J connectivity index is 2.41. The molecule has 2 aromatic carbocycles. The van der Waals surface area contributed by atoms with Crippen molar-refractivity contribution < 1.29 is 9.90 Å². The van der Waals surface area contributed by atoms with E-state index in [2.05, 4.69) is 13.8 Å². The van der Waals surface area contributed by atoms with E-state index in [-0.39, 0.29) is 17.7 Å². The van der Waals surface area contributed by atoms with Crippen LogP contribution < -0.4 is 0 Å². The SMILES string of the molecule is CC(C)C(C)N(C)C(=O)c1cc2ccccc2cc1O. The number of phenols is 1. The molecule has 0 aliphatic heterocycles. The lowest BCUT2D eigenvalue weighted by Gasteiger charge is -2.28. The van der Waals surface area contributed by atoms with Gasteiger partial charge in [-0.15, -0.1) is 0 Å². The molecule has 1 unspecified atom stereocenters. The number of hydrogen-bond acceptors (Lipinski definition) is 2. The Morgan fingerprint density at radius 1 is 1.10 bits per heavy atom. The van der Waals surface area contributed by atoms with Crippen LogP contribution in [0.4, 0.5) is 0 Å². The first-order valence-electron chi connectivity index (χ1n) is 6.90. The van der Waals surface area contributed by atoms with E-state index < -0.39 is 0 Å². The molecule has 0 spiro atoms. The minimum atomic E-state index is -0.144. The molecule has 1 atom stereocenters. The van der Waals surface area contributed by atoms with Gasteiger partial charge in [-0.25, -0.2) is 0 Å². The van der Waals surface area contributed by atoms with E-state index in [0.717, 1.165) is 10.8 Å². The van der Waals surface area contributed by atoms with Crippen LogP contribution >= 0.6 is 0 Å². The molecule has 0 aliphatic carbocycles. The van der Waals surface area contributed by atoms with Crippen LogP contribution in [0.25, 0.3) is 10.8 Å². The Kier molecular flexibility index (Phi) is 3.98. The van der Waals surface area contributed by atoms with Gasteiger partial charge < -0.3 is 10.0 Å². The second-order valence-electron chi connectivity index (χ2n) is 5.62. The highest BCUT2D eigenvalue weighted by molar-refractivity contribution is 6.01. The van der Waals surface area contributed by atoms with Crippen molar-refractivity contribution in [2.75, 3.05) is 7.05 Å². The van der Waals surface area contributed by atoms with E-state index in [0.29, 0.717) is 11.5 Å². The zero-order chi connectivity index (χ0) is 14.9. The summed E-state index contributed by atoms with van der Waals surface area (Å²) in [6, 6.07) is 11.2. The maximum atomic E-state index is 12.5. The summed E-state index contributed by atoms with van der Waals surface area (Å²) in [5.74, 6) is 0.262. The molecule has 0 fully saturated rings. The van der Waals surface area contributed by atoms with Crippen LogP contribution in [0.3, 0.4) is 0 Å². The van der Waals surface area contributed by atoms with Crippen molar-refractivity contribution in [3.63, 3.8) is 0 Å². The zero-order valence-electron chi connectivity index (χ0n) is 12.4. The first-order chi connectivity index (χ1) is 9.41. The van der Waals surface area contributed by atoms with Crippen LogP contribution in [0.2, 0.25) is 0 Å². The zero-order valence-corrected chi connectivity index (χ0v) is 12.4. The predicted octanol–water partition coefficient (Wildman–Crippen LogP) is 3.66. The van der Waals surface area contributed by atoms with Crippen LogP contribution in [0.15, 0.2) is 36.4 Å². The van der Waals surface area contributed by atoms with Crippen molar-refractivity contribution in [2.45, 2.75) is 26.8 Å². The highest BCUT2D eigenvalue weighted by Gasteiger charge is 2.22. The monoisotopic (exact) mass is 271 g/mol. The lowest BCUT2D eigenvalue weighted by Crippen LogP contribution is -2.38. The van der Waals surface area contributed by atoms with Crippen molar-refractivity contribution in [2.24, 2.45) is 5.92 Å². The third kappa shape index (κ3) is 2.62. The number of aromatic hydroxyl groups is 1. The second kappa shape index (κ2) is 5.53. The highest BCUT2D eigenvalue weighted by atomic mass is 16.3.